The first-order chi connectivity index (χ1) is 14.1. The van der Waals surface area contributed by atoms with Gasteiger partial charge in [-0.2, -0.15) is 0 Å². The molecule has 1 aliphatic carbocycles. The number of hydrogen-bond acceptors (Lipinski definition) is 2. The molecule has 0 spiro atoms. The molecule has 2 aliphatic rings. The van der Waals surface area contributed by atoms with E-state index >= 15 is 0 Å². The molecule has 1 aliphatic heterocycles. The number of benzene rings is 3. The lowest BCUT2D eigenvalue weighted by atomic mass is 9.81. The molecule has 0 saturated carbocycles. The summed E-state index contributed by atoms with van der Waals surface area (Å²) < 4.78 is 0. The van der Waals surface area contributed by atoms with Crippen molar-refractivity contribution in [2.75, 3.05) is 10.4 Å². The van der Waals surface area contributed by atoms with Gasteiger partial charge in [0.15, 0.2) is 0 Å². The van der Waals surface area contributed by atoms with Crippen molar-refractivity contribution in [1.82, 2.24) is 0 Å². The van der Waals surface area contributed by atoms with Crippen molar-refractivity contribution in [2.45, 2.75) is 19.3 Å². The third-order valence-electron chi connectivity index (χ3n) is 5.97. The summed E-state index contributed by atoms with van der Waals surface area (Å²) in [6.45, 7) is 8.97. The molecule has 2 heteroatoms. The second-order valence-corrected chi connectivity index (χ2v) is 8.16. The number of fused-ring (bicyclic) bond motifs is 4. The maximum Gasteiger partial charge on any atom is 0.0707 e. The van der Waals surface area contributed by atoms with Crippen LogP contribution in [0.5, 0.6) is 0 Å². The van der Waals surface area contributed by atoms with E-state index in [1.165, 1.54) is 22.3 Å². The van der Waals surface area contributed by atoms with Crippen LogP contribution in [-0.4, -0.2) is 0 Å². The molecule has 0 aromatic heterocycles. The van der Waals surface area contributed by atoms with Crippen molar-refractivity contribution < 1.29 is 0 Å². The minimum absolute atomic E-state index is 0.0269. The van der Waals surface area contributed by atoms with Gasteiger partial charge in [0.05, 0.1) is 11.4 Å². The third kappa shape index (κ3) is 2.80. The minimum Gasteiger partial charge on any atom is -0.294 e. The fourth-order valence-corrected chi connectivity index (χ4v) is 4.42. The monoisotopic (exact) mass is 376 g/mol. The summed E-state index contributed by atoms with van der Waals surface area (Å²) in [4.78, 5) is 0. The number of para-hydroxylation sites is 1. The highest BCUT2D eigenvalue weighted by atomic mass is 15.5. The van der Waals surface area contributed by atoms with Crippen molar-refractivity contribution in [3.8, 4) is 11.1 Å². The van der Waals surface area contributed by atoms with E-state index in [4.69, 9.17) is 0 Å². The fourth-order valence-electron chi connectivity index (χ4n) is 4.42. The zero-order valence-corrected chi connectivity index (χ0v) is 16.8. The summed E-state index contributed by atoms with van der Waals surface area (Å²) in [5.41, 5.74) is 13.2. The first-order valence-electron chi connectivity index (χ1n) is 9.99. The third-order valence-corrected chi connectivity index (χ3v) is 5.97. The van der Waals surface area contributed by atoms with Crippen LogP contribution in [0.1, 0.15) is 30.5 Å². The van der Waals surface area contributed by atoms with Crippen LogP contribution in [-0.2, 0) is 5.41 Å². The van der Waals surface area contributed by atoms with Gasteiger partial charge >= 0.3 is 0 Å². The number of anilines is 2. The molecule has 0 saturated heterocycles. The lowest BCUT2D eigenvalue weighted by molar-refractivity contribution is 0.660. The molecule has 1 N–H and O–H groups in total. The Morgan fingerprint density at radius 2 is 1.55 bits per heavy atom. The molecule has 142 valence electrons. The fraction of sp³-hybridized carbons (Fsp3) is 0.111. The van der Waals surface area contributed by atoms with E-state index in [1.54, 1.807) is 0 Å². The van der Waals surface area contributed by atoms with Crippen molar-refractivity contribution in [1.29, 1.82) is 0 Å². The number of hydrogen-bond donors (Lipinski definition) is 1. The van der Waals surface area contributed by atoms with Crippen LogP contribution in [0, 0.1) is 0 Å². The van der Waals surface area contributed by atoms with Crippen molar-refractivity contribution in [2.24, 2.45) is 0 Å². The highest BCUT2D eigenvalue weighted by Gasteiger charge is 2.36. The van der Waals surface area contributed by atoms with Crippen molar-refractivity contribution in [3.63, 3.8) is 0 Å². The van der Waals surface area contributed by atoms with Crippen molar-refractivity contribution >= 4 is 16.9 Å². The van der Waals surface area contributed by atoms with E-state index in [1.807, 2.05) is 30.4 Å². The predicted octanol–water partition coefficient (Wildman–Crippen LogP) is 6.92. The Morgan fingerprint density at radius 1 is 0.793 bits per heavy atom. The Bertz CT molecular complexity index is 1170. The summed E-state index contributed by atoms with van der Waals surface area (Å²) in [6, 6.07) is 23.6. The van der Waals surface area contributed by atoms with Crippen LogP contribution in [0.15, 0.2) is 97.7 Å². The van der Waals surface area contributed by atoms with Gasteiger partial charge in [-0.3, -0.25) is 10.4 Å². The van der Waals surface area contributed by atoms with Gasteiger partial charge in [0.2, 0.25) is 0 Å². The lowest BCUT2D eigenvalue weighted by Gasteiger charge is -2.28. The van der Waals surface area contributed by atoms with Crippen LogP contribution in [0.3, 0.4) is 0 Å². The quantitative estimate of drug-likeness (QED) is 0.522. The maximum absolute atomic E-state index is 4.35. The largest absolute Gasteiger partial charge is 0.294 e. The van der Waals surface area contributed by atoms with Gasteiger partial charge < -0.3 is 0 Å². The van der Waals surface area contributed by atoms with E-state index in [0.717, 1.165) is 22.5 Å². The molecule has 2 nitrogen and oxygen atoms in total. The maximum atomic E-state index is 4.35. The summed E-state index contributed by atoms with van der Waals surface area (Å²) in [5, 5.41) is 2.09. The second kappa shape index (κ2) is 6.52. The highest BCUT2D eigenvalue weighted by molar-refractivity contribution is 5.91. The summed E-state index contributed by atoms with van der Waals surface area (Å²) in [6.07, 6.45) is 8.22. The molecule has 0 bridgehead atoms. The standard InChI is InChI=1S/C27H24N2/c1-19-11-9-10-16-29(28-20-12-5-4-6-13-20)26-18-23-21-14-7-8-15-24(21)27(2,3)25(23)17-22(19)26/h4-18,28H,1H2,2-3H3/b11-9-,16-10-. The summed E-state index contributed by atoms with van der Waals surface area (Å²) >= 11 is 0. The molecule has 5 rings (SSSR count). The van der Waals surface area contributed by atoms with E-state index < -0.39 is 0 Å². The first kappa shape index (κ1) is 17.6. The lowest BCUT2D eigenvalue weighted by Crippen LogP contribution is -2.25. The average Bonchev–Trinajstić information content (AvgIpc) is 2.96. The molecule has 0 unspecified atom stereocenters. The second-order valence-electron chi connectivity index (χ2n) is 8.16. The van der Waals surface area contributed by atoms with Gasteiger partial charge in [-0.25, -0.2) is 0 Å². The van der Waals surface area contributed by atoms with E-state index in [2.05, 4.69) is 91.7 Å². The number of nitrogens with zero attached hydrogens (tertiary/aromatic N) is 1. The Kier molecular flexibility index (Phi) is 3.95. The Morgan fingerprint density at radius 3 is 2.38 bits per heavy atom. The van der Waals surface area contributed by atoms with Gasteiger partial charge in [0, 0.05) is 17.2 Å². The molecule has 0 amide bonds. The number of hydrazine groups is 1. The molecular weight excluding hydrogens is 352 g/mol. The molecular formula is C27H24N2. The SMILES string of the molecule is C=C1/C=C\C=C/N(Nc2ccccc2)c2cc3c(cc21)C(C)(C)c1ccccc1-3. The van der Waals surface area contributed by atoms with Crippen molar-refractivity contribution in [3.05, 3.63) is 114 Å². The van der Waals surface area contributed by atoms with E-state index in [9.17, 15) is 0 Å². The minimum atomic E-state index is -0.0269. The summed E-state index contributed by atoms with van der Waals surface area (Å²) in [5.74, 6) is 0. The smallest absolute Gasteiger partial charge is 0.0707 e. The zero-order chi connectivity index (χ0) is 20.0. The van der Waals surface area contributed by atoms with Gasteiger partial charge in [0.25, 0.3) is 0 Å². The highest BCUT2D eigenvalue weighted by Crippen LogP contribution is 2.51. The Hall–Kier alpha value is -3.52. The number of nitrogens with one attached hydrogen (secondary N) is 1. The summed E-state index contributed by atoms with van der Waals surface area (Å²) in [7, 11) is 0. The molecule has 3 aromatic rings. The van der Waals surface area contributed by atoms with Gasteiger partial charge in [0.1, 0.15) is 0 Å². The molecule has 0 radical (unpaired) electrons. The molecule has 3 aromatic carbocycles. The zero-order valence-electron chi connectivity index (χ0n) is 16.8. The molecule has 0 atom stereocenters. The van der Waals surface area contributed by atoms with Gasteiger partial charge in [-0.15, -0.1) is 0 Å². The van der Waals surface area contributed by atoms with Crippen LogP contribution < -0.4 is 10.4 Å². The Labute approximate surface area is 172 Å². The normalized spacial score (nSPS) is 18.1. The van der Waals surface area contributed by atoms with Crippen LogP contribution in [0.2, 0.25) is 0 Å². The topological polar surface area (TPSA) is 15.3 Å². The van der Waals surface area contributed by atoms with Gasteiger partial charge in [-0.1, -0.05) is 75.0 Å². The number of allylic oxidation sites excluding steroid dienone is 4. The van der Waals surface area contributed by atoms with Crippen LogP contribution in [0.4, 0.5) is 11.4 Å². The van der Waals surface area contributed by atoms with Crippen LogP contribution in [0.25, 0.3) is 16.7 Å². The molecule has 29 heavy (non-hydrogen) atoms. The van der Waals surface area contributed by atoms with E-state index in [0.29, 0.717) is 0 Å². The van der Waals surface area contributed by atoms with Gasteiger partial charge in [-0.05, 0) is 58.2 Å². The first-order valence-corrected chi connectivity index (χ1v) is 9.99. The van der Waals surface area contributed by atoms with E-state index in [-0.39, 0.29) is 5.41 Å². The van der Waals surface area contributed by atoms with Crippen LogP contribution >= 0.6 is 0 Å². The molecule has 0 fully saturated rings. The predicted molar refractivity (Wildman–Crippen MR) is 124 cm³/mol. The Balaban J connectivity index is 1.72. The molecule has 1 heterocycles. The average molecular weight is 377 g/mol. The number of rotatable bonds is 2.